The molecule has 3 rings (SSSR count). The summed E-state index contributed by atoms with van der Waals surface area (Å²) in [7, 11) is 0. The van der Waals surface area contributed by atoms with Gasteiger partial charge in [0.2, 0.25) is 0 Å². The minimum absolute atomic E-state index is 0.302. The lowest BCUT2D eigenvalue weighted by molar-refractivity contribution is -0.140. The first-order valence-electron chi connectivity index (χ1n) is 6.64. The van der Waals surface area contributed by atoms with E-state index in [4.69, 9.17) is 0 Å². The molecule has 0 spiro atoms. The fraction of sp³-hybridized carbons (Fsp3) is 0.429. The Morgan fingerprint density at radius 3 is 2.76 bits per heavy atom. The first kappa shape index (κ1) is 14.3. The fourth-order valence-corrected chi connectivity index (χ4v) is 3.34. The molecule has 7 heteroatoms. The van der Waals surface area contributed by atoms with Gasteiger partial charge in [-0.2, -0.15) is 13.2 Å². The van der Waals surface area contributed by atoms with E-state index >= 15 is 0 Å². The third kappa shape index (κ3) is 3.02. The largest absolute Gasteiger partial charge is 0.434 e. The fourth-order valence-electron chi connectivity index (χ4n) is 2.47. The molecule has 0 aliphatic carbocycles. The molecule has 1 saturated heterocycles. The van der Waals surface area contributed by atoms with Crippen LogP contribution in [0.3, 0.4) is 0 Å². The van der Waals surface area contributed by atoms with Crippen LogP contribution in [-0.2, 0) is 6.18 Å². The summed E-state index contributed by atoms with van der Waals surface area (Å²) < 4.78 is 37.8. The van der Waals surface area contributed by atoms with Gasteiger partial charge in [-0.15, -0.1) is 11.3 Å². The number of hydrogen-bond acceptors (Lipinski definition) is 4. The molecule has 0 saturated carbocycles. The number of alkyl halides is 3. The van der Waals surface area contributed by atoms with Crippen molar-refractivity contribution in [3.05, 3.63) is 40.7 Å². The average molecular weight is 313 g/mol. The van der Waals surface area contributed by atoms with Crippen LogP contribution in [0.5, 0.6) is 0 Å². The van der Waals surface area contributed by atoms with Gasteiger partial charge in [0.15, 0.2) is 10.8 Å². The predicted octanol–water partition coefficient (Wildman–Crippen LogP) is 3.86. The monoisotopic (exact) mass is 313 g/mol. The molecule has 0 bridgehead atoms. The van der Waals surface area contributed by atoms with Crippen LogP contribution in [0.1, 0.15) is 29.3 Å². The van der Waals surface area contributed by atoms with Crippen molar-refractivity contribution in [1.29, 1.82) is 0 Å². The van der Waals surface area contributed by atoms with Gasteiger partial charge in [-0.3, -0.25) is 4.98 Å². The van der Waals surface area contributed by atoms with E-state index in [2.05, 4.69) is 9.97 Å². The molecule has 1 aliphatic heterocycles. The maximum atomic E-state index is 12.6. The van der Waals surface area contributed by atoms with Crippen molar-refractivity contribution in [2.24, 2.45) is 0 Å². The number of rotatable bonds is 2. The van der Waals surface area contributed by atoms with E-state index in [0.717, 1.165) is 40.9 Å². The number of aromatic nitrogens is 2. The first-order valence-corrected chi connectivity index (χ1v) is 7.51. The van der Waals surface area contributed by atoms with Crippen LogP contribution in [0.25, 0.3) is 0 Å². The van der Waals surface area contributed by atoms with Crippen LogP contribution < -0.4 is 4.90 Å². The van der Waals surface area contributed by atoms with Gasteiger partial charge in [0.25, 0.3) is 0 Å². The van der Waals surface area contributed by atoms with E-state index in [1.54, 1.807) is 0 Å². The van der Waals surface area contributed by atoms with Crippen molar-refractivity contribution in [2.45, 2.75) is 25.4 Å². The summed E-state index contributed by atoms with van der Waals surface area (Å²) in [6.07, 6.45) is -1.60. The van der Waals surface area contributed by atoms with Crippen LogP contribution in [0.4, 0.5) is 18.3 Å². The highest BCUT2D eigenvalue weighted by Crippen LogP contribution is 2.36. The van der Waals surface area contributed by atoms with E-state index < -0.39 is 11.9 Å². The summed E-state index contributed by atoms with van der Waals surface area (Å²) in [5, 5.41) is 1.53. The molecule has 1 unspecified atom stereocenters. The lowest BCUT2D eigenvalue weighted by Gasteiger charge is -2.15. The summed E-state index contributed by atoms with van der Waals surface area (Å²) >= 11 is 1.05. The van der Waals surface area contributed by atoms with Gasteiger partial charge in [0.05, 0.1) is 0 Å². The summed E-state index contributed by atoms with van der Waals surface area (Å²) in [4.78, 5) is 9.91. The summed E-state index contributed by atoms with van der Waals surface area (Å²) in [5.41, 5.74) is 1.29. The Balaban J connectivity index is 1.72. The normalized spacial score (nSPS) is 19.2. The number of aryl methyl sites for hydroxylation is 1. The van der Waals surface area contributed by atoms with E-state index in [1.165, 1.54) is 0 Å². The average Bonchev–Trinajstić information content (AvgIpc) is 3.07. The minimum atomic E-state index is -4.37. The van der Waals surface area contributed by atoms with Gasteiger partial charge < -0.3 is 4.90 Å². The van der Waals surface area contributed by atoms with Crippen LogP contribution in [0, 0.1) is 6.92 Å². The maximum Gasteiger partial charge on any atom is 0.434 e. The van der Waals surface area contributed by atoms with Crippen molar-refractivity contribution in [2.75, 3.05) is 18.0 Å². The Labute approximate surface area is 124 Å². The highest BCUT2D eigenvalue weighted by molar-refractivity contribution is 7.13. The molecule has 0 aromatic carbocycles. The molecule has 2 aromatic rings. The molecule has 1 aliphatic rings. The molecule has 3 heterocycles. The highest BCUT2D eigenvalue weighted by Gasteiger charge is 2.35. The number of nitrogens with zero attached hydrogens (tertiary/aromatic N) is 3. The molecule has 3 nitrogen and oxygen atoms in total. The zero-order chi connectivity index (χ0) is 15.0. The Bertz CT molecular complexity index is 621. The number of thiazole rings is 1. The van der Waals surface area contributed by atoms with Crippen LogP contribution in [-0.4, -0.2) is 23.1 Å². The third-order valence-electron chi connectivity index (χ3n) is 3.65. The Morgan fingerprint density at radius 1 is 1.33 bits per heavy atom. The zero-order valence-electron chi connectivity index (χ0n) is 11.4. The van der Waals surface area contributed by atoms with E-state index in [9.17, 15) is 13.2 Å². The SMILES string of the molecule is Cc1ccc(C2CCN(c3nc(C(F)(F)F)cs3)C2)cn1. The van der Waals surface area contributed by atoms with E-state index in [0.29, 0.717) is 17.6 Å². The van der Waals surface area contributed by atoms with Gasteiger partial charge in [0, 0.05) is 36.3 Å². The zero-order valence-corrected chi connectivity index (χ0v) is 12.2. The van der Waals surface area contributed by atoms with Crippen LogP contribution >= 0.6 is 11.3 Å². The molecular formula is C14H14F3N3S. The molecule has 0 N–H and O–H groups in total. The second-order valence-corrected chi connectivity index (χ2v) is 6.01. The second-order valence-electron chi connectivity index (χ2n) is 5.18. The topological polar surface area (TPSA) is 29.0 Å². The maximum absolute atomic E-state index is 12.6. The molecule has 2 aromatic heterocycles. The number of pyridine rings is 1. The first-order chi connectivity index (χ1) is 9.93. The summed E-state index contributed by atoms with van der Waals surface area (Å²) in [6, 6.07) is 4.00. The summed E-state index contributed by atoms with van der Waals surface area (Å²) in [5.74, 6) is 0.302. The lowest BCUT2D eigenvalue weighted by atomic mass is 10.0. The minimum Gasteiger partial charge on any atom is -0.347 e. The highest BCUT2D eigenvalue weighted by atomic mass is 32.1. The molecule has 112 valence electrons. The van der Waals surface area contributed by atoms with Crippen molar-refractivity contribution < 1.29 is 13.2 Å². The van der Waals surface area contributed by atoms with Gasteiger partial charge >= 0.3 is 6.18 Å². The number of halogens is 3. The molecule has 0 amide bonds. The lowest BCUT2D eigenvalue weighted by Crippen LogP contribution is -2.19. The Kier molecular flexibility index (Phi) is 3.61. The van der Waals surface area contributed by atoms with Gasteiger partial charge in [-0.25, -0.2) is 4.98 Å². The quantitative estimate of drug-likeness (QED) is 0.843. The Hall–Kier alpha value is -1.63. The smallest absolute Gasteiger partial charge is 0.347 e. The predicted molar refractivity (Wildman–Crippen MR) is 75.7 cm³/mol. The van der Waals surface area contributed by atoms with Crippen molar-refractivity contribution in [3.63, 3.8) is 0 Å². The van der Waals surface area contributed by atoms with Gasteiger partial charge in [-0.05, 0) is 25.0 Å². The molecule has 21 heavy (non-hydrogen) atoms. The van der Waals surface area contributed by atoms with E-state index in [1.807, 2.05) is 30.2 Å². The summed E-state index contributed by atoms with van der Waals surface area (Å²) in [6.45, 7) is 3.35. The second kappa shape index (κ2) is 5.29. The molecule has 1 atom stereocenters. The van der Waals surface area contributed by atoms with Crippen molar-refractivity contribution >= 4 is 16.5 Å². The standard InChI is InChI=1S/C14H14F3N3S/c1-9-2-3-10(6-18-9)11-4-5-20(7-11)13-19-12(8-21-13)14(15,16)17/h2-3,6,8,11H,4-5,7H2,1H3. The van der Waals surface area contributed by atoms with Crippen molar-refractivity contribution in [3.8, 4) is 0 Å². The molecule has 1 fully saturated rings. The molecule has 0 radical (unpaired) electrons. The van der Waals surface area contributed by atoms with Crippen LogP contribution in [0.2, 0.25) is 0 Å². The van der Waals surface area contributed by atoms with Crippen molar-refractivity contribution in [1.82, 2.24) is 9.97 Å². The van der Waals surface area contributed by atoms with E-state index in [-0.39, 0.29) is 0 Å². The Morgan fingerprint density at radius 2 is 2.14 bits per heavy atom. The van der Waals surface area contributed by atoms with Crippen LogP contribution in [0.15, 0.2) is 23.7 Å². The molecular weight excluding hydrogens is 299 g/mol. The number of hydrogen-bond donors (Lipinski definition) is 0. The number of anilines is 1. The van der Waals surface area contributed by atoms with Gasteiger partial charge in [-0.1, -0.05) is 6.07 Å². The third-order valence-corrected chi connectivity index (χ3v) is 4.55. The van der Waals surface area contributed by atoms with Gasteiger partial charge in [0.1, 0.15) is 0 Å².